The van der Waals surface area contributed by atoms with Gasteiger partial charge in [-0.05, 0) is 50.3 Å². The Labute approximate surface area is 112 Å². The van der Waals surface area contributed by atoms with Crippen LogP contribution in [0.3, 0.4) is 0 Å². The first kappa shape index (κ1) is 13.2. The topological polar surface area (TPSA) is 46.5 Å². The van der Waals surface area contributed by atoms with E-state index in [1.807, 2.05) is 13.0 Å². The Morgan fingerprint density at radius 3 is 2.61 bits per heavy atom. The fourth-order valence-electron chi connectivity index (χ4n) is 2.38. The predicted octanol–water partition coefficient (Wildman–Crippen LogP) is 3.81. The van der Waals surface area contributed by atoms with E-state index in [0.717, 1.165) is 24.8 Å². The summed E-state index contributed by atoms with van der Waals surface area (Å²) in [6, 6.07) is 5.41. The summed E-state index contributed by atoms with van der Waals surface area (Å²) in [6.07, 6.45) is 3.94. The van der Waals surface area contributed by atoms with Crippen molar-refractivity contribution in [3.8, 4) is 5.75 Å². The number of ether oxygens (including phenoxy) is 1. The van der Waals surface area contributed by atoms with Crippen LogP contribution >= 0.6 is 11.6 Å². The lowest BCUT2D eigenvalue weighted by atomic mass is 9.84. The number of halogens is 1. The van der Waals surface area contributed by atoms with Gasteiger partial charge < -0.3 is 9.84 Å². The molecule has 18 heavy (non-hydrogen) atoms. The van der Waals surface area contributed by atoms with Crippen molar-refractivity contribution < 1.29 is 14.6 Å². The Hall–Kier alpha value is -1.22. The fraction of sp³-hybridized carbons (Fsp3) is 0.500. The summed E-state index contributed by atoms with van der Waals surface area (Å²) in [5.41, 5.74) is -0.0962. The molecule has 1 aliphatic rings. The maximum absolute atomic E-state index is 11.5. The van der Waals surface area contributed by atoms with Gasteiger partial charge in [0.2, 0.25) is 5.60 Å². The smallest absolute Gasteiger partial charge is 0.348 e. The molecule has 4 heteroatoms. The molecule has 1 aromatic rings. The number of hydrogen-bond donors (Lipinski definition) is 1. The Kier molecular flexibility index (Phi) is 3.81. The van der Waals surface area contributed by atoms with E-state index >= 15 is 0 Å². The molecule has 1 N–H and O–H groups in total. The molecule has 0 amide bonds. The van der Waals surface area contributed by atoms with Crippen molar-refractivity contribution in [3.05, 3.63) is 28.8 Å². The second kappa shape index (κ2) is 5.19. The molecule has 0 saturated heterocycles. The molecule has 0 aromatic heterocycles. The van der Waals surface area contributed by atoms with Crippen LogP contribution < -0.4 is 4.74 Å². The van der Waals surface area contributed by atoms with Crippen LogP contribution in [0.5, 0.6) is 5.75 Å². The van der Waals surface area contributed by atoms with Gasteiger partial charge in [-0.15, -0.1) is 0 Å². The Morgan fingerprint density at radius 1 is 1.33 bits per heavy atom. The largest absolute Gasteiger partial charge is 0.478 e. The highest BCUT2D eigenvalue weighted by Gasteiger charge is 2.42. The summed E-state index contributed by atoms with van der Waals surface area (Å²) in [7, 11) is 0. The number of carboxylic acids is 1. The van der Waals surface area contributed by atoms with Crippen LogP contribution in [0.4, 0.5) is 0 Å². The van der Waals surface area contributed by atoms with Gasteiger partial charge in [-0.2, -0.15) is 0 Å². The highest BCUT2D eigenvalue weighted by atomic mass is 35.5. The van der Waals surface area contributed by atoms with Gasteiger partial charge in [0.05, 0.1) is 5.02 Å². The molecule has 0 spiro atoms. The zero-order valence-corrected chi connectivity index (χ0v) is 11.2. The third-order valence-electron chi connectivity index (χ3n) is 3.44. The quantitative estimate of drug-likeness (QED) is 0.907. The second-order valence-corrected chi connectivity index (χ2v) is 5.30. The molecule has 2 rings (SSSR count). The van der Waals surface area contributed by atoms with Gasteiger partial charge in [0, 0.05) is 0 Å². The molecule has 0 atom stereocenters. The monoisotopic (exact) mass is 268 g/mol. The normalized spacial score (nSPS) is 18.3. The van der Waals surface area contributed by atoms with Crippen LogP contribution in [0.2, 0.25) is 5.02 Å². The van der Waals surface area contributed by atoms with Gasteiger partial charge in [-0.25, -0.2) is 4.79 Å². The molecule has 0 bridgehead atoms. The number of hydrogen-bond acceptors (Lipinski definition) is 2. The molecule has 1 saturated carbocycles. The van der Waals surface area contributed by atoms with Crippen molar-refractivity contribution in [1.82, 2.24) is 0 Å². The number of carboxylic acid groups (broad SMARTS) is 1. The lowest BCUT2D eigenvalue weighted by Gasteiger charge is -2.34. The Bertz CT molecular complexity index is 450. The van der Waals surface area contributed by atoms with E-state index in [1.54, 1.807) is 12.1 Å². The lowest BCUT2D eigenvalue weighted by molar-refractivity contribution is -0.158. The number of benzene rings is 1. The van der Waals surface area contributed by atoms with E-state index in [4.69, 9.17) is 16.3 Å². The van der Waals surface area contributed by atoms with Crippen LogP contribution in [0.1, 0.15) is 37.7 Å². The molecule has 0 radical (unpaired) electrons. The van der Waals surface area contributed by atoms with Gasteiger partial charge in [0.25, 0.3) is 0 Å². The average Bonchev–Trinajstić information content (AvgIpc) is 2.35. The number of rotatable bonds is 3. The molecular formula is C14H17ClO3. The lowest BCUT2D eigenvalue weighted by Crippen LogP contribution is -2.46. The molecule has 1 aliphatic carbocycles. The standard InChI is InChI=1S/C14H17ClO3/c1-10-5-6-11(15)12(9-10)18-14(13(16)17)7-3-2-4-8-14/h5-6,9H,2-4,7-8H2,1H3,(H,16,17). The number of aryl methyl sites for hydroxylation is 1. The van der Waals surface area contributed by atoms with E-state index in [2.05, 4.69) is 0 Å². The van der Waals surface area contributed by atoms with E-state index in [1.165, 1.54) is 0 Å². The second-order valence-electron chi connectivity index (χ2n) is 4.90. The minimum atomic E-state index is -1.10. The highest BCUT2D eigenvalue weighted by molar-refractivity contribution is 6.32. The zero-order valence-electron chi connectivity index (χ0n) is 10.4. The molecular weight excluding hydrogens is 252 g/mol. The van der Waals surface area contributed by atoms with Crippen LogP contribution in [0.25, 0.3) is 0 Å². The summed E-state index contributed by atoms with van der Waals surface area (Å²) in [4.78, 5) is 11.5. The molecule has 98 valence electrons. The maximum Gasteiger partial charge on any atom is 0.348 e. The van der Waals surface area contributed by atoms with Crippen molar-refractivity contribution in [2.45, 2.75) is 44.6 Å². The van der Waals surface area contributed by atoms with E-state index in [9.17, 15) is 9.90 Å². The SMILES string of the molecule is Cc1ccc(Cl)c(OC2(C(=O)O)CCCCC2)c1. The van der Waals surface area contributed by atoms with Crippen molar-refractivity contribution >= 4 is 17.6 Å². The summed E-state index contributed by atoms with van der Waals surface area (Å²) in [6.45, 7) is 1.93. The summed E-state index contributed by atoms with van der Waals surface area (Å²) in [5.74, 6) is -0.416. The molecule has 0 unspecified atom stereocenters. The average molecular weight is 269 g/mol. The van der Waals surface area contributed by atoms with E-state index in [-0.39, 0.29) is 0 Å². The summed E-state index contributed by atoms with van der Waals surface area (Å²) >= 11 is 6.06. The van der Waals surface area contributed by atoms with Crippen molar-refractivity contribution in [3.63, 3.8) is 0 Å². The molecule has 1 fully saturated rings. The summed E-state index contributed by atoms with van der Waals surface area (Å²) < 4.78 is 5.78. The number of aliphatic carboxylic acids is 1. The third kappa shape index (κ3) is 2.61. The maximum atomic E-state index is 11.5. The van der Waals surface area contributed by atoms with Crippen LogP contribution in [-0.2, 0) is 4.79 Å². The Morgan fingerprint density at radius 2 is 2.00 bits per heavy atom. The third-order valence-corrected chi connectivity index (χ3v) is 3.76. The first-order valence-corrected chi connectivity index (χ1v) is 6.60. The molecule has 1 aromatic carbocycles. The van der Waals surface area contributed by atoms with Crippen molar-refractivity contribution in [2.24, 2.45) is 0 Å². The zero-order chi connectivity index (χ0) is 13.2. The van der Waals surface area contributed by atoms with Crippen LogP contribution in [-0.4, -0.2) is 16.7 Å². The predicted molar refractivity (Wildman–Crippen MR) is 70.3 cm³/mol. The van der Waals surface area contributed by atoms with E-state index < -0.39 is 11.6 Å². The minimum Gasteiger partial charge on any atom is -0.478 e. The molecule has 0 heterocycles. The molecule has 3 nitrogen and oxygen atoms in total. The fourth-order valence-corrected chi connectivity index (χ4v) is 2.54. The van der Waals surface area contributed by atoms with Crippen molar-refractivity contribution in [1.29, 1.82) is 0 Å². The first-order valence-electron chi connectivity index (χ1n) is 6.22. The highest BCUT2D eigenvalue weighted by Crippen LogP contribution is 2.36. The van der Waals surface area contributed by atoms with Gasteiger partial charge in [-0.1, -0.05) is 24.1 Å². The van der Waals surface area contributed by atoms with Crippen LogP contribution in [0, 0.1) is 6.92 Å². The van der Waals surface area contributed by atoms with Gasteiger partial charge in [0.15, 0.2) is 0 Å². The van der Waals surface area contributed by atoms with E-state index in [0.29, 0.717) is 23.6 Å². The summed E-state index contributed by atoms with van der Waals surface area (Å²) in [5, 5.41) is 9.91. The molecule has 0 aliphatic heterocycles. The van der Waals surface area contributed by atoms with Gasteiger partial charge in [-0.3, -0.25) is 0 Å². The van der Waals surface area contributed by atoms with Crippen molar-refractivity contribution in [2.75, 3.05) is 0 Å². The minimum absolute atomic E-state index is 0.465. The van der Waals surface area contributed by atoms with Gasteiger partial charge in [0.1, 0.15) is 5.75 Å². The van der Waals surface area contributed by atoms with Crippen LogP contribution in [0.15, 0.2) is 18.2 Å². The Balaban J connectivity index is 2.28. The van der Waals surface area contributed by atoms with Gasteiger partial charge >= 0.3 is 5.97 Å². The number of carbonyl (C=O) groups is 1. The first-order chi connectivity index (χ1) is 8.53.